The Labute approximate surface area is 143 Å². The van der Waals surface area contributed by atoms with E-state index in [9.17, 15) is 9.90 Å². The summed E-state index contributed by atoms with van der Waals surface area (Å²) >= 11 is 0. The quantitative estimate of drug-likeness (QED) is 0.892. The maximum atomic E-state index is 12.9. The van der Waals surface area contributed by atoms with Gasteiger partial charge in [-0.2, -0.15) is 0 Å². The standard InChI is InChI=1S/C18H29N3O3/c1-12(2)16-10-21(8-4-7-20(16)9-14-5-6-14)18(23)17-15(11-22)13(3)24-19-17/h12,14,16,22H,4-11H2,1-3H3/t16-/m1/s1. The number of rotatable bonds is 5. The molecule has 0 unspecified atom stereocenters. The van der Waals surface area contributed by atoms with E-state index in [1.165, 1.54) is 12.8 Å². The van der Waals surface area contributed by atoms with E-state index < -0.39 is 0 Å². The van der Waals surface area contributed by atoms with Gasteiger partial charge in [0.25, 0.3) is 5.91 Å². The highest BCUT2D eigenvalue weighted by molar-refractivity contribution is 5.93. The molecular formula is C18H29N3O3. The molecule has 1 aromatic heterocycles. The minimum absolute atomic E-state index is 0.116. The van der Waals surface area contributed by atoms with Gasteiger partial charge in [0.05, 0.1) is 12.2 Å². The predicted octanol–water partition coefficient (Wildman–Crippen LogP) is 2.06. The van der Waals surface area contributed by atoms with Crippen LogP contribution in [-0.4, -0.2) is 58.2 Å². The molecule has 6 heteroatoms. The molecule has 2 aliphatic rings. The summed E-state index contributed by atoms with van der Waals surface area (Å²) in [6, 6.07) is 0.377. The lowest BCUT2D eigenvalue weighted by Crippen LogP contribution is -2.46. The Kier molecular flexibility index (Phi) is 5.25. The summed E-state index contributed by atoms with van der Waals surface area (Å²) in [5.41, 5.74) is 0.785. The molecule has 0 aromatic carbocycles. The predicted molar refractivity (Wildman–Crippen MR) is 90.6 cm³/mol. The first kappa shape index (κ1) is 17.4. The van der Waals surface area contributed by atoms with Crippen LogP contribution in [0.4, 0.5) is 0 Å². The molecule has 0 bridgehead atoms. The van der Waals surface area contributed by atoms with Crippen molar-refractivity contribution in [2.45, 2.75) is 52.7 Å². The highest BCUT2D eigenvalue weighted by Gasteiger charge is 2.34. The number of aromatic nitrogens is 1. The average Bonchev–Trinajstić information content (AvgIpc) is 3.32. The SMILES string of the molecule is Cc1onc(C(=O)N2CCCN(CC3CC3)[C@@H](C(C)C)C2)c1CO. The van der Waals surface area contributed by atoms with Crippen molar-refractivity contribution in [3.05, 3.63) is 17.0 Å². The largest absolute Gasteiger partial charge is 0.391 e. The molecule has 2 heterocycles. The Morgan fingerprint density at radius 1 is 1.38 bits per heavy atom. The van der Waals surface area contributed by atoms with E-state index in [2.05, 4.69) is 23.9 Å². The second kappa shape index (κ2) is 7.23. The van der Waals surface area contributed by atoms with Crippen LogP contribution in [0.3, 0.4) is 0 Å². The fraction of sp³-hybridized carbons (Fsp3) is 0.778. The third kappa shape index (κ3) is 3.64. The molecule has 24 heavy (non-hydrogen) atoms. The van der Waals surface area contributed by atoms with Gasteiger partial charge in [0.2, 0.25) is 0 Å². The van der Waals surface area contributed by atoms with Gasteiger partial charge in [-0.3, -0.25) is 9.69 Å². The normalized spacial score (nSPS) is 22.9. The minimum Gasteiger partial charge on any atom is -0.391 e. The summed E-state index contributed by atoms with van der Waals surface area (Å²) in [5, 5.41) is 13.4. The zero-order chi connectivity index (χ0) is 17.3. The van der Waals surface area contributed by atoms with Crippen LogP contribution in [0.25, 0.3) is 0 Å². The Hall–Kier alpha value is -1.40. The monoisotopic (exact) mass is 335 g/mol. The molecular weight excluding hydrogens is 306 g/mol. The fourth-order valence-corrected chi connectivity index (χ4v) is 3.63. The fourth-order valence-electron chi connectivity index (χ4n) is 3.63. The summed E-state index contributed by atoms with van der Waals surface area (Å²) in [7, 11) is 0. The number of nitrogens with zero attached hydrogens (tertiary/aromatic N) is 3. The molecule has 3 rings (SSSR count). The second-order valence-corrected chi connectivity index (χ2v) is 7.58. The van der Waals surface area contributed by atoms with Crippen molar-refractivity contribution in [2.24, 2.45) is 11.8 Å². The van der Waals surface area contributed by atoms with Crippen LogP contribution in [0, 0.1) is 18.8 Å². The number of hydrogen-bond acceptors (Lipinski definition) is 5. The van der Waals surface area contributed by atoms with Crippen molar-refractivity contribution in [3.63, 3.8) is 0 Å². The van der Waals surface area contributed by atoms with Crippen molar-refractivity contribution in [2.75, 3.05) is 26.2 Å². The lowest BCUT2D eigenvalue weighted by molar-refractivity contribution is 0.0691. The summed E-state index contributed by atoms with van der Waals surface area (Å²) in [4.78, 5) is 17.4. The van der Waals surface area contributed by atoms with Crippen molar-refractivity contribution < 1.29 is 14.4 Å². The van der Waals surface area contributed by atoms with Gasteiger partial charge in [-0.05, 0) is 38.0 Å². The lowest BCUT2D eigenvalue weighted by atomic mass is 10.0. The van der Waals surface area contributed by atoms with Gasteiger partial charge < -0.3 is 14.5 Å². The highest BCUT2D eigenvalue weighted by Crippen LogP contribution is 2.32. The van der Waals surface area contributed by atoms with Gasteiger partial charge in [0, 0.05) is 32.2 Å². The summed E-state index contributed by atoms with van der Waals surface area (Å²) in [6.45, 7) is 9.65. The van der Waals surface area contributed by atoms with Gasteiger partial charge >= 0.3 is 0 Å². The van der Waals surface area contributed by atoms with Gasteiger partial charge in [0.15, 0.2) is 5.69 Å². The van der Waals surface area contributed by atoms with E-state index in [4.69, 9.17) is 4.52 Å². The number of amides is 1. The minimum atomic E-state index is -0.217. The molecule has 1 saturated heterocycles. The van der Waals surface area contributed by atoms with Crippen LogP contribution in [0.1, 0.15) is 54.9 Å². The molecule has 134 valence electrons. The summed E-state index contributed by atoms with van der Waals surface area (Å²) < 4.78 is 5.12. The maximum absolute atomic E-state index is 12.9. The average molecular weight is 335 g/mol. The van der Waals surface area contributed by atoms with E-state index in [-0.39, 0.29) is 18.2 Å². The van der Waals surface area contributed by atoms with Crippen LogP contribution in [0.2, 0.25) is 0 Å². The third-order valence-electron chi connectivity index (χ3n) is 5.34. The number of aliphatic hydroxyl groups excluding tert-OH is 1. The van der Waals surface area contributed by atoms with Crippen LogP contribution in [-0.2, 0) is 6.61 Å². The smallest absolute Gasteiger partial charge is 0.276 e. The van der Waals surface area contributed by atoms with Crippen molar-refractivity contribution in [1.82, 2.24) is 15.0 Å². The topological polar surface area (TPSA) is 69.8 Å². The first-order chi connectivity index (χ1) is 11.5. The molecule has 0 spiro atoms. The zero-order valence-electron chi connectivity index (χ0n) is 15.0. The number of aryl methyl sites for hydroxylation is 1. The molecule has 1 aliphatic heterocycles. The summed E-state index contributed by atoms with van der Waals surface area (Å²) in [6.07, 6.45) is 3.68. The first-order valence-corrected chi connectivity index (χ1v) is 9.10. The molecule has 1 aliphatic carbocycles. The van der Waals surface area contributed by atoms with E-state index in [0.29, 0.717) is 23.3 Å². The lowest BCUT2D eigenvalue weighted by Gasteiger charge is -2.34. The Morgan fingerprint density at radius 2 is 2.12 bits per heavy atom. The van der Waals surface area contributed by atoms with Crippen molar-refractivity contribution in [3.8, 4) is 0 Å². The third-order valence-corrected chi connectivity index (χ3v) is 5.34. The second-order valence-electron chi connectivity index (χ2n) is 7.58. The van der Waals surface area contributed by atoms with E-state index >= 15 is 0 Å². The molecule has 1 amide bonds. The number of carbonyl (C=O) groups is 1. The van der Waals surface area contributed by atoms with E-state index in [1.54, 1.807) is 6.92 Å². The molecule has 1 N–H and O–H groups in total. The maximum Gasteiger partial charge on any atom is 0.276 e. The van der Waals surface area contributed by atoms with Crippen LogP contribution in [0.5, 0.6) is 0 Å². The Balaban J connectivity index is 1.76. The number of carbonyl (C=O) groups excluding carboxylic acids is 1. The number of hydrogen-bond donors (Lipinski definition) is 1. The molecule has 1 saturated carbocycles. The van der Waals surface area contributed by atoms with Crippen LogP contribution < -0.4 is 0 Å². The zero-order valence-corrected chi connectivity index (χ0v) is 15.0. The van der Waals surface area contributed by atoms with Gasteiger partial charge in [-0.1, -0.05) is 19.0 Å². The van der Waals surface area contributed by atoms with E-state index in [1.807, 2.05) is 4.90 Å². The molecule has 0 radical (unpaired) electrons. The van der Waals surface area contributed by atoms with Gasteiger partial charge in [-0.25, -0.2) is 0 Å². The van der Waals surface area contributed by atoms with E-state index in [0.717, 1.165) is 38.5 Å². The van der Waals surface area contributed by atoms with Crippen LogP contribution in [0.15, 0.2) is 4.52 Å². The Morgan fingerprint density at radius 3 is 2.75 bits per heavy atom. The van der Waals surface area contributed by atoms with Gasteiger partial charge in [0.1, 0.15) is 5.76 Å². The highest BCUT2D eigenvalue weighted by atomic mass is 16.5. The molecule has 1 atom stereocenters. The first-order valence-electron chi connectivity index (χ1n) is 9.10. The Bertz CT molecular complexity index is 580. The van der Waals surface area contributed by atoms with Crippen molar-refractivity contribution in [1.29, 1.82) is 0 Å². The van der Waals surface area contributed by atoms with Gasteiger partial charge in [-0.15, -0.1) is 0 Å². The molecule has 2 fully saturated rings. The number of aliphatic hydroxyl groups is 1. The molecule has 6 nitrogen and oxygen atoms in total. The molecule has 1 aromatic rings. The van der Waals surface area contributed by atoms with Crippen LogP contribution >= 0.6 is 0 Å². The van der Waals surface area contributed by atoms with Crippen molar-refractivity contribution >= 4 is 5.91 Å². The summed E-state index contributed by atoms with van der Waals surface area (Å²) in [5.74, 6) is 1.75.